The number of carbonyl (C=O) groups is 1. The molecule has 2 rings (SSSR count). The summed E-state index contributed by atoms with van der Waals surface area (Å²) in [5.74, 6) is -1.26. The molecule has 17 heavy (non-hydrogen) atoms. The predicted molar refractivity (Wildman–Crippen MR) is 68.1 cm³/mol. The number of hydrogen-bond acceptors (Lipinski definition) is 2. The summed E-state index contributed by atoms with van der Waals surface area (Å²) in [4.78, 5) is 11.3. The molecule has 1 N–H and O–H groups in total. The van der Waals surface area contributed by atoms with Gasteiger partial charge in [-0.25, -0.2) is 0 Å². The lowest BCUT2D eigenvalue weighted by Crippen LogP contribution is -2.18. The molecule has 1 aliphatic rings. The molecular formula is C13H15BrO3. The van der Waals surface area contributed by atoms with Crippen LogP contribution in [-0.4, -0.2) is 23.8 Å². The van der Waals surface area contributed by atoms with Crippen LogP contribution in [0, 0.1) is 0 Å². The summed E-state index contributed by atoms with van der Waals surface area (Å²) in [5.41, 5.74) is 0.836. The van der Waals surface area contributed by atoms with E-state index in [1.54, 1.807) is 0 Å². The Balaban J connectivity index is 2.13. The first-order valence-corrected chi connectivity index (χ1v) is 6.56. The lowest BCUT2D eigenvalue weighted by atomic mass is 9.92. The van der Waals surface area contributed by atoms with Crippen LogP contribution >= 0.6 is 15.9 Å². The van der Waals surface area contributed by atoms with Gasteiger partial charge in [0.2, 0.25) is 0 Å². The molecule has 1 saturated heterocycles. The van der Waals surface area contributed by atoms with Crippen molar-refractivity contribution in [2.45, 2.75) is 31.3 Å². The Morgan fingerprint density at radius 2 is 2.41 bits per heavy atom. The maximum atomic E-state index is 11.3. The van der Waals surface area contributed by atoms with Crippen molar-refractivity contribution in [3.8, 4) is 0 Å². The topological polar surface area (TPSA) is 46.5 Å². The van der Waals surface area contributed by atoms with Gasteiger partial charge in [-0.15, -0.1) is 0 Å². The smallest absolute Gasteiger partial charge is 0.311 e. The summed E-state index contributed by atoms with van der Waals surface area (Å²) in [6.45, 7) is 0.759. The van der Waals surface area contributed by atoms with E-state index in [0.29, 0.717) is 6.42 Å². The lowest BCUT2D eigenvalue weighted by molar-refractivity contribution is -0.139. The molecule has 1 aromatic carbocycles. The predicted octanol–water partition coefficient (Wildman–Crippen LogP) is 3.19. The minimum atomic E-state index is -0.779. The van der Waals surface area contributed by atoms with E-state index in [0.717, 1.165) is 29.5 Å². The minimum absolute atomic E-state index is 0.0927. The normalized spacial score (nSPS) is 21.4. The van der Waals surface area contributed by atoms with Crippen molar-refractivity contribution in [2.24, 2.45) is 0 Å². The molecule has 0 radical (unpaired) electrons. The van der Waals surface area contributed by atoms with Crippen LogP contribution < -0.4 is 0 Å². The minimum Gasteiger partial charge on any atom is -0.481 e. The quantitative estimate of drug-likeness (QED) is 0.928. The highest BCUT2D eigenvalue weighted by atomic mass is 79.9. The van der Waals surface area contributed by atoms with Crippen LogP contribution in [0.25, 0.3) is 0 Å². The molecule has 1 aromatic rings. The van der Waals surface area contributed by atoms with Gasteiger partial charge in [-0.05, 0) is 37.0 Å². The fourth-order valence-corrected chi connectivity index (χ4v) is 2.61. The SMILES string of the molecule is O=C(O)C(CC1CCCO1)c1cccc(Br)c1. The van der Waals surface area contributed by atoms with Crippen LogP contribution in [0.3, 0.4) is 0 Å². The van der Waals surface area contributed by atoms with Gasteiger partial charge < -0.3 is 9.84 Å². The van der Waals surface area contributed by atoms with Gasteiger partial charge in [0.25, 0.3) is 0 Å². The summed E-state index contributed by atoms with van der Waals surface area (Å²) in [6, 6.07) is 7.49. The number of rotatable bonds is 4. The molecule has 1 aliphatic heterocycles. The van der Waals surface area contributed by atoms with Crippen LogP contribution in [0.5, 0.6) is 0 Å². The second-order valence-electron chi connectivity index (χ2n) is 4.32. The van der Waals surface area contributed by atoms with Crippen molar-refractivity contribution in [1.82, 2.24) is 0 Å². The highest BCUT2D eigenvalue weighted by Crippen LogP contribution is 2.28. The fourth-order valence-electron chi connectivity index (χ4n) is 2.20. The third kappa shape index (κ3) is 3.30. The number of carboxylic acid groups (broad SMARTS) is 1. The Hall–Kier alpha value is -0.870. The van der Waals surface area contributed by atoms with E-state index in [1.165, 1.54) is 0 Å². The van der Waals surface area contributed by atoms with Gasteiger partial charge in [-0.3, -0.25) is 4.79 Å². The average molecular weight is 299 g/mol. The molecule has 4 heteroatoms. The molecule has 0 aliphatic carbocycles. The van der Waals surface area contributed by atoms with Gasteiger partial charge in [0, 0.05) is 11.1 Å². The summed E-state index contributed by atoms with van der Waals surface area (Å²) in [7, 11) is 0. The maximum Gasteiger partial charge on any atom is 0.311 e. The van der Waals surface area contributed by atoms with Crippen LogP contribution in [0.1, 0.15) is 30.7 Å². The lowest BCUT2D eigenvalue weighted by Gasteiger charge is -2.17. The first kappa shape index (κ1) is 12.6. The molecule has 0 spiro atoms. The molecule has 2 atom stereocenters. The van der Waals surface area contributed by atoms with Gasteiger partial charge in [-0.2, -0.15) is 0 Å². The third-order valence-corrected chi connectivity index (χ3v) is 3.56. The second-order valence-corrected chi connectivity index (χ2v) is 5.23. The van der Waals surface area contributed by atoms with Gasteiger partial charge in [-0.1, -0.05) is 28.1 Å². The molecule has 0 saturated carbocycles. The van der Waals surface area contributed by atoms with Gasteiger partial charge in [0.1, 0.15) is 0 Å². The van der Waals surface area contributed by atoms with Gasteiger partial charge in [0.15, 0.2) is 0 Å². The fraction of sp³-hybridized carbons (Fsp3) is 0.462. The molecule has 1 heterocycles. The van der Waals surface area contributed by atoms with Crippen molar-refractivity contribution in [3.63, 3.8) is 0 Å². The highest BCUT2D eigenvalue weighted by molar-refractivity contribution is 9.10. The van der Waals surface area contributed by atoms with E-state index in [4.69, 9.17) is 4.74 Å². The second kappa shape index (κ2) is 5.65. The van der Waals surface area contributed by atoms with Crippen molar-refractivity contribution in [3.05, 3.63) is 34.3 Å². The zero-order chi connectivity index (χ0) is 12.3. The Kier molecular flexibility index (Phi) is 4.18. The van der Waals surface area contributed by atoms with Crippen molar-refractivity contribution >= 4 is 21.9 Å². The summed E-state index contributed by atoms with van der Waals surface area (Å²) in [5, 5.41) is 9.31. The standard InChI is InChI=1S/C13H15BrO3/c14-10-4-1-3-9(7-10)12(13(15)16)8-11-5-2-6-17-11/h1,3-4,7,11-12H,2,5-6,8H2,(H,15,16). The average Bonchev–Trinajstić information content (AvgIpc) is 2.78. The number of benzene rings is 1. The number of carboxylic acids is 1. The van der Waals surface area contributed by atoms with Crippen molar-refractivity contribution < 1.29 is 14.6 Å². The van der Waals surface area contributed by atoms with Crippen LogP contribution in [-0.2, 0) is 9.53 Å². The molecule has 1 fully saturated rings. The number of hydrogen-bond donors (Lipinski definition) is 1. The van der Waals surface area contributed by atoms with E-state index >= 15 is 0 Å². The molecule has 2 unspecified atom stereocenters. The molecule has 92 valence electrons. The van der Waals surface area contributed by atoms with Gasteiger partial charge >= 0.3 is 5.97 Å². The molecule has 0 bridgehead atoms. The van der Waals surface area contributed by atoms with Crippen LogP contribution in [0.15, 0.2) is 28.7 Å². The Morgan fingerprint density at radius 3 is 3.00 bits per heavy atom. The number of ether oxygens (including phenoxy) is 1. The van der Waals surface area contributed by atoms with Crippen LogP contribution in [0.2, 0.25) is 0 Å². The van der Waals surface area contributed by atoms with Crippen molar-refractivity contribution in [1.29, 1.82) is 0 Å². The van der Waals surface area contributed by atoms with E-state index in [2.05, 4.69) is 15.9 Å². The Labute approximate surface area is 109 Å². The zero-order valence-corrected chi connectivity index (χ0v) is 11.0. The summed E-state index contributed by atoms with van der Waals surface area (Å²) in [6.07, 6.45) is 2.66. The zero-order valence-electron chi connectivity index (χ0n) is 9.43. The largest absolute Gasteiger partial charge is 0.481 e. The molecule has 3 nitrogen and oxygen atoms in total. The highest BCUT2D eigenvalue weighted by Gasteiger charge is 2.26. The summed E-state index contributed by atoms with van der Waals surface area (Å²) >= 11 is 3.37. The maximum absolute atomic E-state index is 11.3. The molecule has 0 amide bonds. The molecular weight excluding hydrogens is 284 g/mol. The van der Waals surface area contributed by atoms with E-state index in [-0.39, 0.29) is 6.10 Å². The first-order valence-electron chi connectivity index (χ1n) is 5.76. The van der Waals surface area contributed by atoms with E-state index in [9.17, 15) is 9.90 Å². The molecule has 0 aromatic heterocycles. The first-order chi connectivity index (χ1) is 8.16. The third-order valence-electron chi connectivity index (χ3n) is 3.07. The van der Waals surface area contributed by atoms with Crippen molar-refractivity contribution in [2.75, 3.05) is 6.61 Å². The number of aliphatic carboxylic acids is 1. The number of halogens is 1. The van der Waals surface area contributed by atoms with Gasteiger partial charge in [0.05, 0.1) is 12.0 Å². The van der Waals surface area contributed by atoms with E-state index < -0.39 is 11.9 Å². The Morgan fingerprint density at radius 1 is 1.59 bits per heavy atom. The van der Waals surface area contributed by atoms with Crippen LogP contribution in [0.4, 0.5) is 0 Å². The Bertz CT molecular complexity index is 399. The monoisotopic (exact) mass is 298 g/mol. The van der Waals surface area contributed by atoms with E-state index in [1.807, 2.05) is 24.3 Å². The summed E-state index contributed by atoms with van der Waals surface area (Å²) < 4.78 is 6.42.